The van der Waals surface area contributed by atoms with E-state index in [0.29, 0.717) is 11.5 Å². The lowest BCUT2D eigenvalue weighted by Gasteiger charge is -2.09. The Kier molecular flexibility index (Phi) is 5.32. The van der Waals surface area contributed by atoms with E-state index < -0.39 is 9.84 Å². The van der Waals surface area contributed by atoms with Crippen molar-refractivity contribution in [2.45, 2.75) is 10.6 Å². The lowest BCUT2D eigenvalue weighted by atomic mass is 10.3. The molecule has 0 bridgehead atoms. The summed E-state index contributed by atoms with van der Waals surface area (Å²) < 4.78 is 37.3. The van der Waals surface area contributed by atoms with Crippen molar-refractivity contribution < 1.29 is 17.9 Å². The molecule has 0 atom stereocenters. The number of pyridine rings is 1. The number of aromatic nitrogens is 1. The molecule has 0 saturated carbocycles. The fourth-order valence-corrected chi connectivity index (χ4v) is 3.89. The van der Waals surface area contributed by atoms with Gasteiger partial charge in [-0.2, -0.15) is 0 Å². The zero-order valence-electron chi connectivity index (χ0n) is 15.0. The summed E-state index contributed by atoms with van der Waals surface area (Å²) in [7, 11) is -0.466. The fourth-order valence-electron chi connectivity index (χ4n) is 2.55. The molecule has 27 heavy (non-hydrogen) atoms. The number of nitrogens with zero attached hydrogens (tertiary/aromatic N) is 1. The summed E-state index contributed by atoms with van der Waals surface area (Å²) in [5.41, 5.74) is -0.0842. The molecule has 2 aromatic carbocycles. The Bertz CT molecular complexity index is 1080. The number of ether oxygens (including phenoxy) is 2. The average molecular weight is 385 g/mol. The minimum atomic E-state index is -3.64. The first-order valence-electron chi connectivity index (χ1n) is 8.18. The van der Waals surface area contributed by atoms with Gasteiger partial charge in [0.05, 0.1) is 17.8 Å². The number of rotatable bonds is 6. The van der Waals surface area contributed by atoms with E-state index in [-0.39, 0.29) is 21.8 Å². The third-order valence-corrected chi connectivity index (χ3v) is 5.71. The maximum Gasteiger partial charge on any atom is 0.254 e. The van der Waals surface area contributed by atoms with E-state index in [1.165, 1.54) is 22.8 Å². The fraction of sp³-hybridized carbons (Fsp3) is 0.150. The molecule has 1 aromatic heterocycles. The van der Waals surface area contributed by atoms with Crippen LogP contribution in [0, 0.1) is 0 Å². The molecule has 0 N–H and O–H groups in total. The molecule has 0 unspecified atom stereocenters. The van der Waals surface area contributed by atoms with Crippen molar-refractivity contribution in [2.24, 2.45) is 7.05 Å². The molecular formula is C20H19NO5S. The summed E-state index contributed by atoms with van der Waals surface area (Å²) in [5.74, 6) is 1.49. The number of hydrogen-bond donors (Lipinski definition) is 0. The molecule has 140 valence electrons. The van der Waals surface area contributed by atoms with Crippen molar-refractivity contribution in [1.82, 2.24) is 4.57 Å². The number of sulfone groups is 1. The van der Waals surface area contributed by atoms with E-state index in [1.54, 1.807) is 62.8 Å². The molecular weight excluding hydrogens is 366 g/mol. The van der Waals surface area contributed by atoms with Gasteiger partial charge in [0.1, 0.15) is 17.2 Å². The van der Waals surface area contributed by atoms with Crippen LogP contribution in [0.1, 0.15) is 5.56 Å². The van der Waals surface area contributed by atoms with Crippen molar-refractivity contribution in [3.05, 3.63) is 82.8 Å². The molecule has 3 aromatic rings. The van der Waals surface area contributed by atoms with Crippen LogP contribution in [-0.4, -0.2) is 20.1 Å². The highest BCUT2D eigenvalue weighted by Gasteiger charge is 2.17. The van der Waals surface area contributed by atoms with Gasteiger partial charge in [0, 0.05) is 18.8 Å². The van der Waals surface area contributed by atoms with E-state index in [9.17, 15) is 13.2 Å². The molecule has 0 saturated heterocycles. The van der Waals surface area contributed by atoms with E-state index in [0.717, 1.165) is 5.75 Å². The van der Waals surface area contributed by atoms with E-state index >= 15 is 0 Å². The maximum absolute atomic E-state index is 12.6. The van der Waals surface area contributed by atoms with Crippen LogP contribution in [-0.2, 0) is 22.6 Å². The smallest absolute Gasteiger partial charge is 0.254 e. The Balaban J connectivity index is 1.77. The summed E-state index contributed by atoms with van der Waals surface area (Å²) in [5, 5.41) is 0. The molecule has 0 radical (unpaired) electrons. The van der Waals surface area contributed by atoms with Gasteiger partial charge in [0.25, 0.3) is 5.56 Å². The second-order valence-corrected chi connectivity index (χ2v) is 7.95. The maximum atomic E-state index is 12.6. The Morgan fingerprint density at radius 2 is 1.44 bits per heavy atom. The van der Waals surface area contributed by atoms with Crippen molar-refractivity contribution in [3.8, 4) is 17.2 Å². The van der Waals surface area contributed by atoms with Gasteiger partial charge in [-0.25, -0.2) is 8.42 Å². The molecule has 0 aliphatic heterocycles. The summed E-state index contributed by atoms with van der Waals surface area (Å²) >= 11 is 0. The predicted molar refractivity (Wildman–Crippen MR) is 102 cm³/mol. The molecule has 0 fully saturated rings. The summed E-state index contributed by atoms with van der Waals surface area (Å²) in [4.78, 5) is 12.2. The van der Waals surface area contributed by atoms with Crippen molar-refractivity contribution in [1.29, 1.82) is 0 Å². The topological polar surface area (TPSA) is 74.6 Å². The molecule has 0 aliphatic carbocycles. The molecule has 1 heterocycles. The van der Waals surface area contributed by atoms with Crippen molar-refractivity contribution in [3.63, 3.8) is 0 Å². The quantitative estimate of drug-likeness (QED) is 0.652. The molecule has 0 aliphatic rings. The first kappa shape index (κ1) is 18.7. The van der Waals surface area contributed by atoms with Gasteiger partial charge < -0.3 is 14.0 Å². The highest BCUT2D eigenvalue weighted by atomic mass is 32.2. The van der Waals surface area contributed by atoms with Gasteiger partial charge in [0.2, 0.25) is 0 Å². The van der Waals surface area contributed by atoms with Crippen LogP contribution in [0.3, 0.4) is 0 Å². The van der Waals surface area contributed by atoms with Crippen LogP contribution < -0.4 is 15.0 Å². The lowest BCUT2D eigenvalue weighted by molar-refractivity contribution is 0.413. The Morgan fingerprint density at radius 1 is 0.889 bits per heavy atom. The average Bonchev–Trinajstić information content (AvgIpc) is 2.66. The van der Waals surface area contributed by atoms with Gasteiger partial charge in [-0.1, -0.05) is 6.07 Å². The summed E-state index contributed by atoms with van der Waals surface area (Å²) in [6.45, 7) is 0. The number of benzene rings is 2. The van der Waals surface area contributed by atoms with Crippen LogP contribution in [0.4, 0.5) is 0 Å². The predicted octanol–water partition coefficient (Wildman–Crippen LogP) is 3.16. The first-order valence-corrected chi connectivity index (χ1v) is 9.83. The minimum Gasteiger partial charge on any atom is -0.497 e. The monoisotopic (exact) mass is 385 g/mol. The molecule has 0 amide bonds. The van der Waals surface area contributed by atoms with Crippen molar-refractivity contribution in [2.75, 3.05) is 7.11 Å². The lowest BCUT2D eigenvalue weighted by Crippen LogP contribution is -2.22. The van der Waals surface area contributed by atoms with Crippen LogP contribution in [0.2, 0.25) is 0 Å². The Labute approximate surface area is 157 Å². The minimum absolute atomic E-state index is 0.135. The number of aryl methyl sites for hydroxylation is 1. The normalized spacial score (nSPS) is 11.2. The second-order valence-electron chi connectivity index (χ2n) is 5.96. The molecule has 0 spiro atoms. The highest BCUT2D eigenvalue weighted by Crippen LogP contribution is 2.25. The van der Waals surface area contributed by atoms with Crippen molar-refractivity contribution >= 4 is 9.84 Å². The van der Waals surface area contributed by atoms with E-state index in [1.807, 2.05) is 0 Å². The first-order chi connectivity index (χ1) is 12.9. The number of hydrogen-bond acceptors (Lipinski definition) is 5. The second kappa shape index (κ2) is 7.67. The van der Waals surface area contributed by atoms with Gasteiger partial charge in [-0.05, 0) is 54.6 Å². The largest absolute Gasteiger partial charge is 0.497 e. The zero-order valence-corrected chi connectivity index (χ0v) is 15.8. The SMILES string of the molecule is COc1ccc(Oc2ccc(S(=O)(=O)Cc3cccn(C)c3=O)cc2)cc1. The third-order valence-electron chi connectivity index (χ3n) is 4.03. The zero-order chi connectivity index (χ0) is 19.4. The van der Waals surface area contributed by atoms with Crippen LogP contribution in [0.25, 0.3) is 0 Å². The molecule has 6 nitrogen and oxygen atoms in total. The third kappa shape index (κ3) is 4.38. The Hall–Kier alpha value is -3.06. The van der Waals surface area contributed by atoms with E-state index in [4.69, 9.17) is 9.47 Å². The molecule has 3 rings (SSSR count). The molecule has 7 heteroatoms. The van der Waals surface area contributed by atoms with E-state index in [2.05, 4.69) is 0 Å². The van der Waals surface area contributed by atoms with Crippen LogP contribution >= 0.6 is 0 Å². The van der Waals surface area contributed by atoms with Crippen LogP contribution in [0.5, 0.6) is 17.2 Å². The highest BCUT2D eigenvalue weighted by molar-refractivity contribution is 7.90. The summed E-state index contributed by atoms with van der Waals surface area (Å²) in [6, 6.07) is 16.4. The van der Waals surface area contributed by atoms with Crippen LogP contribution in [0.15, 0.2) is 76.6 Å². The van der Waals surface area contributed by atoms with Gasteiger partial charge in [0.15, 0.2) is 9.84 Å². The van der Waals surface area contributed by atoms with Gasteiger partial charge >= 0.3 is 0 Å². The van der Waals surface area contributed by atoms with Gasteiger partial charge in [-0.3, -0.25) is 4.79 Å². The van der Waals surface area contributed by atoms with Gasteiger partial charge in [-0.15, -0.1) is 0 Å². The Morgan fingerprint density at radius 3 is 2.04 bits per heavy atom. The number of methoxy groups -OCH3 is 1. The summed E-state index contributed by atoms with van der Waals surface area (Å²) in [6.07, 6.45) is 1.59. The standard InChI is InChI=1S/C20H19NO5S/c1-21-13-3-4-15(20(21)22)14-27(23,24)19-11-9-18(10-12-19)26-17-7-5-16(25-2)6-8-17/h3-13H,14H2,1-2H3.